The van der Waals surface area contributed by atoms with Crippen LogP contribution in [0.15, 0.2) is 29.8 Å². The first-order chi connectivity index (χ1) is 23.9. The molecule has 2 aromatic rings. The topological polar surface area (TPSA) is 183 Å². The van der Waals surface area contributed by atoms with Gasteiger partial charge in [0, 0.05) is 25.7 Å². The van der Waals surface area contributed by atoms with Crippen LogP contribution in [0.1, 0.15) is 64.1 Å². The van der Waals surface area contributed by atoms with Crippen LogP contribution in [0.2, 0.25) is 0 Å². The molecule has 1 aromatic heterocycles. The number of rotatable bonds is 23. The van der Waals surface area contributed by atoms with Crippen molar-refractivity contribution in [3.63, 3.8) is 0 Å². The Kier molecular flexibility index (Phi) is 17.4. The highest BCUT2D eigenvalue weighted by atomic mass is 32.1. The molecule has 278 valence electrons. The van der Waals surface area contributed by atoms with E-state index in [2.05, 4.69) is 15.6 Å². The number of unbranched alkanes of at least 4 members (excludes halogenated alkanes) is 2. The van der Waals surface area contributed by atoms with Gasteiger partial charge in [-0.05, 0) is 55.6 Å². The molecule has 4 N–H and O–H groups in total. The molecule has 0 saturated heterocycles. The molecular formula is C36H53N3O10S. The number of aliphatic hydroxyl groups is 1. The number of nitrogens with one attached hydrogen (secondary N) is 2. The van der Waals surface area contributed by atoms with Crippen molar-refractivity contribution in [2.45, 2.75) is 78.5 Å². The maximum atomic E-state index is 13.9. The molecule has 50 heavy (non-hydrogen) atoms. The largest absolute Gasteiger partial charge is 0.480 e. The third-order valence-electron chi connectivity index (χ3n) is 8.40. The first-order valence-corrected chi connectivity index (χ1v) is 18.1. The molecule has 1 unspecified atom stereocenters. The van der Waals surface area contributed by atoms with E-state index < -0.39 is 41.3 Å². The van der Waals surface area contributed by atoms with Crippen LogP contribution in [-0.2, 0) is 44.7 Å². The van der Waals surface area contributed by atoms with Crippen LogP contribution < -0.4 is 10.6 Å². The van der Waals surface area contributed by atoms with E-state index in [1.54, 1.807) is 11.3 Å². The summed E-state index contributed by atoms with van der Waals surface area (Å²) in [5, 5.41) is 24.8. The Morgan fingerprint density at radius 1 is 0.880 bits per heavy atom. The summed E-state index contributed by atoms with van der Waals surface area (Å²) in [5.74, 6) is -3.45. The lowest BCUT2D eigenvalue weighted by atomic mass is 9.77. The van der Waals surface area contributed by atoms with Crippen molar-refractivity contribution in [1.82, 2.24) is 15.6 Å². The Bertz CT molecular complexity index is 1360. The summed E-state index contributed by atoms with van der Waals surface area (Å²) in [6, 6.07) is 7.03. The average molecular weight is 720 g/mol. The molecule has 4 atom stereocenters. The van der Waals surface area contributed by atoms with Gasteiger partial charge in [0.25, 0.3) is 0 Å². The van der Waals surface area contributed by atoms with Crippen molar-refractivity contribution in [1.29, 1.82) is 0 Å². The van der Waals surface area contributed by atoms with Gasteiger partial charge in [-0.15, -0.1) is 11.3 Å². The van der Waals surface area contributed by atoms with Gasteiger partial charge in [-0.1, -0.05) is 45.0 Å². The molecule has 1 fully saturated rings. The minimum Gasteiger partial charge on any atom is -0.480 e. The Balaban J connectivity index is 1.36. The molecule has 1 aromatic carbocycles. The Morgan fingerprint density at radius 2 is 1.48 bits per heavy atom. The molecule has 0 aliphatic heterocycles. The van der Waals surface area contributed by atoms with E-state index in [1.807, 2.05) is 57.5 Å². The molecule has 13 nitrogen and oxygen atoms in total. The van der Waals surface area contributed by atoms with E-state index in [1.165, 1.54) is 0 Å². The number of thiazole rings is 1. The van der Waals surface area contributed by atoms with Gasteiger partial charge < -0.3 is 39.8 Å². The number of carboxylic acids is 1. The molecule has 0 radical (unpaired) electrons. The van der Waals surface area contributed by atoms with E-state index in [-0.39, 0.29) is 51.0 Å². The Hall–Kier alpha value is -3.27. The van der Waals surface area contributed by atoms with E-state index in [9.17, 15) is 24.3 Å². The number of ketones is 1. The van der Waals surface area contributed by atoms with Crippen LogP contribution >= 0.6 is 11.3 Å². The minimum atomic E-state index is -1.00. The van der Waals surface area contributed by atoms with Crippen LogP contribution in [-0.4, -0.2) is 104 Å². The number of hydrogen-bond donors (Lipinski definition) is 4. The molecule has 0 spiro atoms. The van der Waals surface area contributed by atoms with E-state index in [4.69, 9.17) is 24.1 Å². The lowest BCUT2D eigenvalue weighted by Crippen LogP contribution is -2.53. The number of carbonyl (C=O) groups excluding carboxylic acids is 3. The Morgan fingerprint density at radius 3 is 2.06 bits per heavy atom. The number of aliphatic carboxylic acids is 1. The maximum Gasteiger partial charge on any atom is 0.329 e. The number of ether oxygens (including phenoxy) is 4. The first-order valence-electron chi connectivity index (χ1n) is 17.2. The normalized spacial score (nSPS) is 18.1. The smallest absolute Gasteiger partial charge is 0.329 e. The second-order valence-electron chi connectivity index (χ2n) is 13.6. The van der Waals surface area contributed by atoms with Gasteiger partial charge in [0.2, 0.25) is 11.8 Å². The highest BCUT2D eigenvalue weighted by molar-refractivity contribution is 7.13. The zero-order chi connectivity index (χ0) is 36.5. The molecule has 1 heterocycles. The summed E-state index contributed by atoms with van der Waals surface area (Å²) in [7, 11) is 0. The number of amides is 2. The quantitative estimate of drug-likeness (QED) is 0.123. The average Bonchev–Trinajstić information content (AvgIpc) is 3.68. The highest BCUT2D eigenvalue weighted by Gasteiger charge is 2.46. The number of aromatic nitrogens is 1. The lowest BCUT2D eigenvalue weighted by Gasteiger charge is -2.33. The fourth-order valence-electron chi connectivity index (χ4n) is 5.77. The standard InChI is InChI=1S/C36H53N3O10S/c1-24-33(50-23-38-24)26-10-8-25(9-11-26)20-37-35(45)29-19-27(40)18-28(29)32(44)34(36(2,3)4)39-30(41)21-48-16-14-46-12-6-5-7-13-47-15-17-49-22-31(42)43/h8-11,23,27-29,34,40H,5-7,12-22H2,1-4H3,(H,37,45)(H,39,41)(H,42,43)/t27-,28?,29+,34+/m0/s1. The number of hydrogen-bond acceptors (Lipinski definition) is 11. The van der Waals surface area contributed by atoms with Gasteiger partial charge in [0.15, 0.2) is 5.78 Å². The number of aryl methyl sites for hydroxylation is 1. The molecule has 2 amide bonds. The van der Waals surface area contributed by atoms with Crippen molar-refractivity contribution in [3.8, 4) is 10.4 Å². The Labute approximate surface area is 298 Å². The zero-order valence-corrected chi connectivity index (χ0v) is 30.4. The number of Topliss-reactive ketones (excluding diaryl/α,β-unsaturated/α-hetero) is 1. The summed E-state index contributed by atoms with van der Waals surface area (Å²) < 4.78 is 21.3. The highest BCUT2D eigenvalue weighted by Crippen LogP contribution is 2.36. The van der Waals surface area contributed by atoms with E-state index in [0.29, 0.717) is 33.0 Å². The molecular weight excluding hydrogens is 666 g/mol. The second-order valence-corrected chi connectivity index (χ2v) is 14.4. The molecule has 1 saturated carbocycles. The van der Waals surface area contributed by atoms with Gasteiger partial charge >= 0.3 is 5.97 Å². The van der Waals surface area contributed by atoms with Crippen LogP contribution in [0.5, 0.6) is 0 Å². The zero-order valence-electron chi connectivity index (χ0n) is 29.6. The number of carboxylic acid groups (broad SMARTS) is 1. The monoisotopic (exact) mass is 719 g/mol. The fourth-order valence-corrected chi connectivity index (χ4v) is 6.58. The molecule has 0 bridgehead atoms. The van der Waals surface area contributed by atoms with Crippen LogP contribution in [0.4, 0.5) is 0 Å². The number of carbonyl (C=O) groups is 4. The number of nitrogens with zero attached hydrogens (tertiary/aromatic N) is 1. The number of benzene rings is 1. The van der Waals surface area contributed by atoms with E-state index in [0.717, 1.165) is 41.0 Å². The SMILES string of the molecule is Cc1ncsc1-c1ccc(CNC(=O)[C@@H]2C[C@@H](O)CC2C(=O)[C@@H](NC(=O)COCCOCCCCCOCCOCC(=O)O)C(C)(C)C)cc1. The third-order valence-corrected chi connectivity index (χ3v) is 9.38. The molecule has 1 aliphatic carbocycles. The summed E-state index contributed by atoms with van der Waals surface area (Å²) >= 11 is 1.58. The van der Waals surface area contributed by atoms with Gasteiger partial charge in [-0.3, -0.25) is 14.4 Å². The van der Waals surface area contributed by atoms with Gasteiger partial charge in [0.1, 0.15) is 13.2 Å². The summed E-state index contributed by atoms with van der Waals surface area (Å²) in [6.45, 7) is 9.48. The van der Waals surface area contributed by atoms with Crippen molar-refractivity contribution in [2.75, 3.05) is 52.9 Å². The summed E-state index contributed by atoms with van der Waals surface area (Å²) in [5.41, 5.74) is 4.12. The van der Waals surface area contributed by atoms with Crippen molar-refractivity contribution >= 4 is 34.9 Å². The predicted molar refractivity (Wildman–Crippen MR) is 188 cm³/mol. The van der Waals surface area contributed by atoms with E-state index >= 15 is 0 Å². The number of aliphatic hydroxyl groups excluding tert-OH is 1. The second kappa shape index (κ2) is 21.2. The van der Waals surface area contributed by atoms with Gasteiger partial charge in [-0.2, -0.15) is 0 Å². The van der Waals surface area contributed by atoms with Crippen molar-refractivity contribution in [3.05, 3.63) is 41.0 Å². The fraction of sp³-hybridized carbons (Fsp3) is 0.639. The van der Waals surface area contributed by atoms with Crippen LogP contribution in [0, 0.1) is 24.2 Å². The van der Waals surface area contributed by atoms with Crippen LogP contribution in [0.25, 0.3) is 10.4 Å². The minimum absolute atomic E-state index is 0.159. The summed E-state index contributed by atoms with van der Waals surface area (Å²) in [6.07, 6.45) is 2.15. The van der Waals surface area contributed by atoms with Gasteiger partial charge in [-0.25, -0.2) is 9.78 Å². The molecule has 3 rings (SSSR count). The first kappa shape index (κ1) is 41.2. The van der Waals surface area contributed by atoms with Crippen LogP contribution in [0.3, 0.4) is 0 Å². The summed E-state index contributed by atoms with van der Waals surface area (Å²) in [4.78, 5) is 55.8. The van der Waals surface area contributed by atoms with Crippen molar-refractivity contribution < 1.29 is 48.3 Å². The van der Waals surface area contributed by atoms with Gasteiger partial charge in [0.05, 0.1) is 60.6 Å². The maximum absolute atomic E-state index is 13.9. The third kappa shape index (κ3) is 14.2. The predicted octanol–water partition coefficient (Wildman–Crippen LogP) is 3.54. The molecule has 14 heteroatoms. The van der Waals surface area contributed by atoms with Crippen molar-refractivity contribution in [2.24, 2.45) is 17.3 Å². The molecule has 1 aliphatic rings. The lowest BCUT2D eigenvalue weighted by molar-refractivity contribution is -0.142.